The highest BCUT2D eigenvalue weighted by atomic mass is 35.5. The summed E-state index contributed by atoms with van der Waals surface area (Å²) >= 11 is 5.87. The third-order valence-corrected chi connectivity index (χ3v) is 3.71. The van der Waals surface area contributed by atoms with E-state index in [1.54, 1.807) is 30.3 Å². The minimum atomic E-state index is -0.668. The third-order valence-electron chi connectivity index (χ3n) is 3.46. The first-order chi connectivity index (χ1) is 12.5. The van der Waals surface area contributed by atoms with E-state index in [1.807, 2.05) is 6.92 Å². The Morgan fingerprint density at radius 3 is 2.38 bits per heavy atom. The van der Waals surface area contributed by atoms with E-state index in [1.165, 1.54) is 24.3 Å². The summed E-state index contributed by atoms with van der Waals surface area (Å²) < 4.78 is 18.3. The lowest BCUT2D eigenvalue weighted by Crippen LogP contribution is -2.29. The van der Waals surface area contributed by atoms with Crippen molar-refractivity contribution < 1.29 is 18.7 Å². The second kappa shape index (κ2) is 9.73. The second-order valence-electron chi connectivity index (χ2n) is 5.54. The smallest absolute Gasteiger partial charge is 0.339 e. The molecule has 2 aromatic rings. The summed E-state index contributed by atoms with van der Waals surface area (Å²) in [6.45, 7) is 2.06. The first kappa shape index (κ1) is 19.7. The van der Waals surface area contributed by atoms with Gasteiger partial charge in [-0.05, 0) is 47.9 Å². The SMILES string of the molecule is CCCNC(=O)COC(=O)/C(=C/c1ccc(Cl)cc1)c1ccc(F)cc1. The molecule has 0 radical (unpaired) electrons. The maximum absolute atomic E-state index is 13.2. The number of halogens is 2. The Kier molecular flexibility index (Phi) is 7.36. The molecule has 2 aromatic carbocycles. The lowest BCUT2D eigenvalue weighted by molar-refractivity contribution is -0.142. The van der Waals surface area contributed by atoms with E-state index in [0.29, 0.717) is 17.1 Å². The van der Waals surface area contributed by atoms with Gasteiger partial charge in [0.2, 0.25) is 0 Å². The molecular formula is C20H19ClFNO3. The van der Waals surface area contributed by atoms with Gasteiger partial charge in [0.05, 0.1) is 5.57 Å². The summed E-state index contributed by atoms with van der Waals surface area (Å²) in [5.74, 6) is -1.45. The Balaban J connectivity index is 2.22. The number of carbonyl (C=O) groups excluding carboxylic acids is 2. The molecule has 4 nitrogen and oxygen atoms in total. The van der Waals surface area contributed by atoms with E-state index in [0.717, 1.165) is 12.0 Å². The number of carbonyl (C=O) groups is 2. The summed E-state index contributed by atoms with van der Waals surface area (Å²) in [6, 6.07) is 12.3. The largest absolute Gasteiger partial charge is 0.452 e. The Labute approximate surface area is 156 Å². The third kappa shape index (κ3) is 6.01. The molecule has 1 amide bonds. The highest BCUT2D eigenvalue weighted by molar-refractivity contribution is 6.30. The molecular weight excluding hydrogens is 357 g/mol. The molecule has 0 spiro atoms. The minimum Gasteiger partial charge on any atom is -0.452 e. The molecule has 0 saturated heterocycles. The summed E-state index contributed by atoms with van der Waals surface area (Å²) in [7, 11) is 0. The van der Waals surface area contributed by atoms with E-state index < -0.39 is 11.8 Å². The van der Waals surface area contributed by atoms with Gasteiger partial charge in [0.15, 0.2) is 6.61 Å². The zero-order chi connectivity index (χ0) is 18.9. The monoisotopic (exact) mass is 375 g/mol. The van der Waals surface area contributed by atoms with Crippen molar-refractivity contribution in [2.75, 3.05) is 13.2 Å². The van der Waals surface area contributed by atoms with Gasteiger partial charge in [0, 0.05) is 11.6 Å². The van der Waals surface area contributed by atoms with Crippen LogP contribution in [-0.4, -0.2) is 25.0 Å². The lowest BCUT2D eigenvalue weighted by Gasteiger charge is -2.09. The Hall–Kier alpha value is -2.66. The number of benzene rings is 2. The highest BCUT2D eigenvalue weighted by Gasteiger charge is 2.15. The molecule has 0 unspecified atom stereocenters. The van der Waals surface area contributed by atoms with Crippen molar-refractivity contribution in [3.63, 3.8) is 0 Å². The summed E-state index contributed by atoms with van der Waals surface area (Å²) in [6.07, 6.45) is 2.40. The number of hydrogen-bond donors (Lipinski definition) is 1. The molecule has 0 bridgehead atoms. The predicted octanol–water partition coefficient (Wildman–Crippen LogP) is 4.09. The first-order valence-corrected chi connectivity index (χ1v) is 8.54. The van der Waals surface area contributed by atoms with Crippen molar-refractivity contribution in [2.45, 2.75) is 13.3 Å². The zero-order valence-corrected chi connectivity index (χ0v) is 15.1. The number of rotatable bonds is 7. The first-order valence-electron chi connectivity index (χ1n) is 8.16. The lowest BCUT2D eigenvalue weighted by atomic mass is 10.0. The molecule has 2 rings (SSSR count). The number of hydrogen-bond acceptors (Lipinski definition) is 3. The summed E-state index contributed by atoms with van der Waals surface area (Å²) in [5.41, 5.74) is 1.43. The van der Waals surface area contributed by atoms with Crippen LogP contribution in [0.1, 0.15) is 24.5 Å². The van der Waals surface area contributed by atoms with Crippen molar-refractivity contribution in [3.05, 3.63) is 70.5 Å². The molecule has 0 aliphatic rings. The Morgan fingerprint density at radius 2 is 1.77 bits per heavy atom. The number of ether oxygens (including phenoxy) is 1. The van der Waals surface area contributed by atoms with Gasteiger partial charge < -0.3 is 10.1 Å². The topological polar surface area (TPSA) is 55.4 Å². The van der Waals surface area contributed by atoms with Crippen LogP contribution >= 0.6 is 11.6 Å². The predicted molar refractivity (Wildman–Crippen MR) is 100.0 cm³/mol. The Bertz CT molecular complexity index is 786. The number of esters is 1. The van der Waals surface area contributed by atoms with Crippen LogP contribution in [0, 0.1) is 5.82 Å². The second-order valence-corrected chi connectivity index (χ2v) is 5.98. The van der Waals surface area contributed by atoms with E-state index in [-0.39, 0.29) is 18.1 Å². The van der Waals surface area contributed by atoms with Crippen LogP contribution in [0.5, 0.6) is 0 Å². The number of amides is 1. The van der Waals surface area contributed by atoms with Crippen molar-refractivity contribution in [1.82, 2.24) is 5.32 Å². The minimum absolute atomic E-state index is 0.218. The normalized spacial score (nSPS) is 11.1. The van der Waals surface area contributed by atoms with Crippen molar-refractivity contribution in [3.8, 4) is 0 Å². The fraction of sp³-hybridized carbons (Fsp3) is 0.200. The molecule has 0 saturated carbocycles. The van der Waals surface area contributed by atoms with Crippen LogP contribution in [0.4, 0.5) is 4.39 Å². The molecule has 0 aliphatic heterocycles. The molecule has 6 heteroatoms. The van der Waals surface area contributed by atoms with Crippen LogP contribution in [0.25, 0.3) is 11.6 Å². The van der Waals surface area contributed by atoms with Gasteiger partial charge in [-0.15, -0.1) is 0 Å². The van der Waals surface area contributed by atoms with Crippen LogP contribution in [0.2, 0.25) is 5.02 Å². The van der Waals surface area contributed by atoms with Crippen molar-refractivity contribution >= 4 is 35.1 Å². The molecule has 0 fully saturated rings. The average Bonchev–Trinajstić information content (AvgIpc) is 2.65. The molecule has 0 heterocycles. The van der Waals surface area contributed by atoms with Crippen molar-refractivity contribution in [2.24, 2.45) is 0 Å². The van der Waals surface area contributed by atoms with Gasteiger partial charge >= 0.3 is 5.97 Å². The van der Waals surface area contributed by atoms with Crippen LogP contribution in [0.15, 0.2) is 48.5 Å². The van der Waals surface area contributed by atoms with E-state index >= 15 is 0 Å². The van der Waals surface area contributed by atoms with Gasteiger partial charge in [-0.2, -0.15) is 0 Å². The van der Waals surface area contributed by atoms with Gasteiger partial charge in [0.25, 0.3) is 5.91 Å². The average molecular weight is 376 g/mol. The van der Waals surface area contributed by atoms with Gasteiger partial charge in [0.1, 0.15) is 5.82 Å². The molecule has 0 aromatic heterocycles. The van der Waals surface area contributed by atoms with E-state index in [4.69, 9.17) is 16.3 Å². The quantitative estimate of drug-likeness (QED) is 0.450. The fourth-order valence-corrected chi connectivity index (χ4v) is 2.27. The summed E-state index contributed by atoms with van der Waals surface area (Å²) in [5, 5.41) is 3.20. The fourth-order valence-electron chi connectivity index (χ4n) is 2.14. The molecule has 0 aliphatic carbocycles. The zero-order valence-electron chi connectivity index (χ0n) is 14.3. The molecule has 1 N–H and O–H groups in total. The van der Waals surface area contributed by atoms with Gasteiger partial charge in [-0.3, -0.25) is 4.79 Å². The maximum atomic E-state index is 13.2. The standard InChI is InChI=1S/C20H19ClFNO3/c1-2-11-23-19(24)13-26-20(25)18(15-5-9-17(22)10-6-15)12-14-3-7-16(21)8-4-14/h3-10,12H,2,11,13H2,1H3,(H,23,24)/b18-12+. The van der Waals surface area contributed by atoms with Gasteiger partial charge in [-0.25, -0.2) is 9.18 Å². The molecule has 26 heavy (non-hydrogen) atoms. The molecule has 0 atom stereocenters. The molecule has 136 valence electrons. The van der Waals surface area contributed by atoms with Crippen LogP contribution < -0.4 is 5.32 Å². The number of nitrogens with one attached hydrogen (secondary N) is 1. The van der Waals surface area contributed by atoms with E-state index in [2.05, 4.69) is 5.32 Å². The highest BCUT2D eigenvalue weighted by Crippen LogP contribution is 2.21. The Morgan fingerprint density at radius 1 is 1.12 bits per heavy atom. The van der Waals surface area contributed by atoms with Crippen LogP contribution in [0.3, 0.4) is 0 Å². The van der Waals surface area contributed by atoms with Crippen LogP contribution in [-0.2, 0) is 14.3 Å². The van der Waals surface area contributed by atoms with Crippen molar-refractivity contribution in [1.29, 1.82) is 0 Å². The van der Waals surface area contributed by atoms with Gasteiger partial charge in [-0.1, -0.05) is 42.8 Å². The summed E-state index contributed by atoms with van der Waals surface area (Å²) in [4.78, 5) is 24.1. The van der Waals surface area contributed by atoms with E-state index in [9.17, 15) is 14.0 Å². The maximum Gasteiger partial charge on any atom is 0.339 e.